The Bertz CT molecular complexity index is 1270. The third kappa shape index (κ3) is 5.01. The van der Waals surface area contributed by atoms with Crippen LogP contribution in [0.15, 0.2) is 76.2 Å². The van der Waals surface area contributed by atoms with Crippen LogP contribution in [-0.4, -0.2) is 22.1 Å². The molecule has 0 aliphatic heterocycles. The Kier molecular flexibility index (Phi) is 5.84. The molecule has 158 valence electrons. The molecule has 0 bridgehead atoms. The van der Waals surface area contributed by atoms with Gasteiger partial charge in [-0.1, -0.05) is 26.0 Å². The third-order valence-corrected chi connectivity index (χ3v) is 4.79. The highest BCUT2D eigenvalue weighted by atomic mass is 16.5. The van der Waals surface area contributed by atoms with Crippen LogP contribution in [0.2, 0.25) is 0 Å². The summed E-state index contributed by atoms with van der Waals surface area (Å²) in [7, 11) is 0. The van der Waals surface area contributed by atoms with Gasteiger partial charge in [-0.2, -0.15) is 0 Å². The van der Waals surface area contributed by atoms with E-state index in [9.17, 15) is 9.59 Å². The van der Waals surface area contributed by atoms with E-state index in [0.29, 0.717) is 29.5 Å². The van der Waals surface area contributed by atoms with Gasteiger partial charge in [0.1, 0.15) is 17.2 Å². The van der Waals surface area contributed by atoms with E-state index in [1.165, 1.54) is 6.07 Å². The van der Waals surface area contributed by atoms with Gasteiger partial charge in [-0.25, -0.2) is 9.78 Å². The third-order valence-electron chi connectivity index (χ3n) is 4.79. The number of rotatable bonds is 7. The van der Waals surface area contributed by atoms with Crippen molar-refractivity contribution < 1.29 is 13.9 Å². The lowest BCUT2D eigenvalue weighted by atomic mass is 10.1. The van der Waals surface area contributed by atoms with E-state index in [1.807, 2.05) is 30.5 Å². The minimum absolute atomic E-state index is 0.161. The number of carbonyl (C=O) groups excluding carboxylic acids is 1. The van der Waals surface area contributed by atoms with Crippen molar-refractivity contribution in [1.82, 2.24) is 9.55 Å². The van der Waals surface area contributed by atoms with Crippen LogP contribution < -0.4 is 15.7 Å². The largest absolute Gasteiger partial charge is 0.484 e. The summed E-state index contributed by atoms with van der Waals surface area (Å²) >= 11 is 0. The minimum Gasteiger partial charge on any atom is -0.484 e. The summed E-state index contributed by atoms with van der Waals surface area (Å²) in [6, 6.07) is 15.8. The highest BCUT2D eigenvalue weighted by Crippen LogP contribution is 2.20. The first-order valence-corrected chi connectivity index (χ1v) is 10.0. The predicted octanol–water partition coefficient (Wildman–Crippen LogP) is 4.18. The Morgan fingerprint density at radius 3 is 2.84 bits per heavy atom. The molecule has 0 saturated heterocycles. The van der Waals surface area contributed by atoms with E-state index in [-0.39, 0.29) is 12.5 Å². The topological polar surface area (TPSA) is 86.4 Å². The van der Waals surface area contributed by atoms with Gasteiger partial charge in [0.25, 0.3) is 5.91 Å². The van der Waals surface area contributed by atoms with E-state index in [2.05, 4.69) is 28.7 Å². The summed E-state index contributed by atoms with van der Waals surface area (Å²) in [6.45, 7) is 4.74. The van der Waals surface area contributed by atoms with Crippen molar-refractivity contribution >= 4 is 22.6 Å². The summed E-state index contributed by atoms with van der Waals surface area (Å²) in [5.41, 5.74) is 1.74. The van der Waals surface area contributed by atoms with Crippen LogP contribution in [-0.2, 0) is 11.3 Å². The number of carbonyl (C=O) groups is 1. The van der Waals surface area contributed by atoms with Crippen LogP contribution >= 0.6 is 0 Å². The van der Waals surface area contributed by atoms with Gasteiger partial charge in [-0.3, -0.25) is 4.79 Å². The predicted molar refractivity (Wildman–Crippen MR) is 118 cm³/mol. The fourth-order valence-electron chi connectivity index (χ4n) is 3.38. The number of nitrogens with zero attached hydrogens (tertiary/aromatic N) is 2. The molecule has 0 radical (unpaired) electrons. The maximum absolute atomic E-state index is 12.4. The molecule has 0 spiro atoms. The number of fused-ring (bicyclic) bond motifs is 1. The second-order valence-electron chi connectivity index (χ2n) is 7.56. The second kappa shape index (κ2) is 8.87. The molecule has 4 aromatic rings. The van der Waals surface area contributed by atoms with Crippen molar-refractivity contribution in [1.29, 1.82) is 0 Å². The first kappa shape index (κ1) is 20.4. The zero-order chi connectivity index (χ0) is 21.8. The molecule has 0 unspecified atom stereocenters. The summed E-state index contributed by atoms with van der Waals surface area (Å²) in [6.07, 6.45) is 3.76. The van der Waals surface area contributed by atoms with Gasteiger partial charge in [0.15, 0.2) is 6.61 Å². The summed E-state index contributed by atoms with van der Waals surface area (Å²) < 4.78 is 12.8. The molecule has 0 atom stereocenters. The molecule has 7 nitrogen and oxygen atoms in total. The molecule has 0 aliphatic rings. The number of hydrogen-bond acceptors (Lipinski definition) is 5. The van der Waals surface area contributed by atoms with Crippen molar-refractivity contribution in [2.45, 2.75) is 26.3 Å². The average molecular weight is 417 g/mol. The Hall–Kier alpha value is -3.87. The molecule has 1 N–H and O–H groups in total. The monoisotopic (exact) mass is 417 g/mol. The van der Waals surface area contributed by atoms with Crippen LogP contribution in [0, 0.1) is 0 Å². The molecule has 2 aromatic heterocycles. The van der Waals surface area contributed by atoms with Crippen molar-refractivity contribution in [2.24, 2.45) is 0 Å². The normalized spacial score (nSPS) is 11.1. The van der Waals surface area contributed by atoms with Crippen molar-refractivity contribution in [3.63, 3.8) is 0 Å². The van der Waals surface area contributed by atoms with Gasteiger partial charge >= 0.3 is 5.63 Å². The van der Waals surface area contributed by atoms with E-state index < -0.39 is 5.63 Å². The Balaban J connectivity index is 1.38. The fraction of sp³-hybridized carbons (Fsp3) is 0.208. The van der Waals surface area contributed by atoms with E-state index in [1.54, 1.807) is 30.5 Å². The smallest absolute Gasteiger partial charge is 0.336 e. The minimum atomic E-state index is -0.432. The van der Waals surface area contributed by atoms with Gasteiger partial charge in [-0.05, 0) is 35.9 Å². The molecule has 4 rings (SSSR count). The molecule has 0 saturated carbocycles. The number of hydrogen-bond donors (Lipinski definition) is 1. The van der Waals surface area contributed by atoms with E-state index in [0.717, 1.165) is 16.8 Å². The average Bonchev–Trinajstić information content (AvgIpc) is 3.20. The number of ether oxygens (including phenoxy) is 1. The van der Waals surface area contributed by atoms with Crippen LogP contribution in [0.1, 0.15) is 31.2 Å². The molecular weight excluding hydrogens is 394 g/mol. The fourth-order valence-corrected chi connectivity index (χ4v) is 3.38. The van der Waals surface area contributed by atoms with Gasteiger partial charge in [-0.15, -0.1) is 0 Å². The van der Waals surface area contributed by atoms with Crippen LogP contribution in [0.3, 0.4) is 0 Å². The second-order valence-corrected chi connectivity index (χ2v) is 7.56. The zero-order valence-corrected chi connectivity index (χ0v) is 17.4. The Morgan fingerprint density at radius 1 is 1.16 bits per heavy atom. The van der Waals surface area contributed by atoms with E-state index >= 15 is 0 Å². The number of imidazole rings is 1. The highest BCUT2D eigenvalue weighted by molar-refractivity contribution is 5.92. The zero-order valence-electron chi connectivity index (χ0n) is 17.4. The van der Waals surface area contributed by atoms with Crippen molar-refractivity contribution in [3.8, 4) is 5.75 Å². The first-order valence-electron chi connectivity index (χ1n) is 10.0. The molecule has 1 amide bonds. The van der Waals surface area contributed by atoms with Crippen LogP contribution in [0.5, 0.6) is 5.75 Å². The number of benzene rings is 2. The number of amides is 1. The standard InChI is InChI=1S/C24H23N3O4/c1-16(2)24-25-10-11-27(24)14-17-4-3-5-19(12-17)26-22(28)15-30-20-8-6-18-7-9-23(29)31-21(18)13-20/h3-13,16H,14-15H2,1-2H3,(H,26,28). The molecule has 31 heavy (non-hydrogen) atoms. The van der Waals surface area contributed by atoms with E-state index in [4.69, 9.17) is 9.15 Å². The van der Waals surface area contributed by atoms with Gasteiger partial charge < -0.3 is 19.0 Å². The summed E-state index contributed by atoms with van der Waals surface area (Å²) in [4.78, 5) is 28.1. The Labute approximate surface area is 179 Å². The maximum atomic E-state index is 12.4. The lowest BCUT2D eigenvalue weighted by Gasteiger charge is -2.12. The van der Waals surface area contributed by atoms with Crippen LogP contribution in [0.25, 0.3) is 11.0 Å². The van der Waals surface area contributed by atoms with Gasteiger partial charge in [0.2, 0.25) is 0 Å². The first-order chi connectivity index (χ1) is 15.0. The van der Waals surface area contributed by atoms with Crippen molar-refractivity contribution in [3.05, 3.63) is 88.8 Å². The molecule has 0 aliphatic carbocycles. The maximum Gasteiger partial charge on any atom is 0.336 e. The van der Waals surface area contributed by atoms with Gasteiger partial charge in [0, 0.05) is 48.1 Å². The lowest BCUT2D eigenvalue weighted by molar-refractivity contribution is -0.118. The molecule has 2 aromatic carbocycles. The highest BCUT2D eigenvalue weighted by Gasteiger charge is 2.09. The number of aromatic nitrogens is 2. The van der Waals surface area contributed by atoms with Crippen molar-refractivity contribution in [2.75, 3.05) is 11.9 Å². The lowest BCUT2D eigenvalue weighted by Crippen LogP contribution is -2.20. The number of anilines is 1. The molecule has 0 fully saturated rings. The quantitative estimate of drug-likeness (QED) is 0.456. The number of nitrogens with one attached hydrogen (secondary N) is 1. The SMILES string of the molecule is CC(C)c1nccn1Cc1cccc(NC(=O)COc2ccc3ccc(=O)oc3c2)c1. The van der Waals surface area contributed by atoms with Gasteiger partial charge in [0.05, 0.1) is 0 Å². The molecule has 2 heterocycles. The molecule has 7 heteroatoms. The summed E-state index contributed by atoms with van der Waals surface area (Å²) in [5, 5.41) is 3.64. The summed E-state index contributed by atoms with van der Waals surface area (Å²) in [5.74, 6) is 1.52. The molecular formula is C24H23N3O4. The van der Waals surface area contributed by atoms with Crippen LogP contribution in [0.4, 0.5) is 5.69 Å². The Morgan fingerprint density at radius 2 is 2.00 bits per heavy atom.